The predicted molar refractivity (Wildman–Crippen MR) is 42.2 cm³/mol. The fraction of sp³-hybridized carbons (Fsp3) is 0.167. The first kappa shape index (κ1) is 7.30. The molecule has 0 saturated carbocycles. The summed E-state index contributed by atoms with van der Waals surface area (Å²) < 4.78 is 0. The van der Waals surface area contributed by atoms with Gasteiger partial charge in [-0.15, -0.1) is 0 Å². The molecule has 1 amide bonds. The van der Waals surface area contributed by atoms with E-state index in [0.29, 0.717) is 5.56 Å². The first-order valence-corrected chi connectivity index (χ1v) is 3.63. The van der Waals surface area contributed by atoms with E-state index in [2.05, 4.69) is 15.3 Å². The highest BCUT2D eigenvalue weighted by atomic mass is 35.5. The average Bonchev–Trinajstić information content (AvgIpc) is 2.29. The van der Waals surface area contributed by atoms with Crippen LogP contribution in [0.2, 0.25) is 5.28 Å². The number of hydrogen-bond acceptors (Lipinski definition) is 3. The van der Waals surface area contributed by atoms with Crippen LogP contribution in [-0.4, -0.2) is 15.9 Å². The van der Waals surface area contributed by atoms with Gasteiger partial charge < -0.3 is 5.32 Å². The lowest BCUT2D eigenvalue weighted by atomic mass is 10.3. The summed E-state index contributed by atoms with van der Waals surface area (Å²) in [6.07, 6.45) is 0.0782. The molecule has 62 valence electrons. The van der Waals surface area contributed by atoms with Crippen molar-refractivity contribution in [2.45, 2.75) is 6.42 Å². The maximum atomic E-state index is 11.1. The van der Waals surface area contributed by atoms with E-state index in [1.165, 1.54) is 0 Å². The Hall–Kier alpha value is -1.36. The number of hydrogen-bond donors (Lipinski definition) is 2. The standard InChI is InChI=1S/C6H4ClN3O2/c7-6-9-4-2(5(12)10-6)1-3(11)8-4/h1H2,(H2,8,9,10,11,12). The molecule has 0 saturated heterocycles. The fourth-order valence-corrected chi connectivity index (χ4v) is 1.24. The molecular weight excluding hydrogens is 182 g/mol. The number of aromatic amines is 1. The predicted octanol–water partition coefficient (Wildman–Crippen LogP) is -0.0821. The van der Waals surface area contributed by atoms with Crippen molar-refractivity contribution in [2.75, 3.05) is 5.32 Å². The lowest BCUT2D eigenvalue weighted by Gasteiger charge is -1.95. The number of amides is 1. The van der Waals surface area contributed by atoms with E-state index in [9.17, 15) is 9.59 Å². The zero-order chi connectivity index (χ0) is 8.72. The lowest BCUT2D eigenvalue weighted by molar-refractivity contribution is -0.115. The van der Waals surface area contributed by atoms with Crippen molar-refractivity contribution >= 4 is 23.3 Å². The first-order chi connectivity index (χ1) is 5.66. The minimum absolute atomic E-state index is 0.0130. The molecule has 0 aromatic carbocycles. The van der Waals surface area contributed by atoms with Gasteiger partial charge in [-0.2, -0.15) is 0 Å². The van der Waals surface area contributed by atoms with Gasteiger partial charge >= 0.3 is 0 Å². The van der Waals surface area contributed by atoms with Crippen molar-refractivity contribution in [3.63, 3.8) is 0 Å². The number of fused-ring (bicyclic) bond motifs is 1. The highest BCUT2D eigenvalue weighted by molar-refractivity contribution is 6.28. The number of aromatic nitrogens is 2. The molecule has 6 heteroatoms. The SMILES string of the molecule is O=C1Cc2c(nc(Cl)[nH]c2=O)N1. The summed E-state index contributed by atoms with van der Waals surface area (Å²) in [6.45, 7) is 0. The van der Waals surface area contributed by atoms with Crippen LogP contribution in [0.4, 0.5) is 5.82 Å². The van der Waals surface area contributed by atoms with E-state index in [1.807, 2.05) is 0 Å². The van der Waals surface area contributed by atoms with Crippen LogP contribution >= 0.6 is 11.6 Å². The van der Waals surface area contributed by atoms with Crippen LogP contribution in [0.1, 0.15) is 5.56 Å². The molecule has 2 N–H and O–H groups in total. The van der Waals surface area contributed by atoms with Gasteiger partial charge in [0.25, 0.3) is 5.56 Å². The second kappa shape index (κ2) is 2.31. The van der Waals surface area contributed by atoms with E-state index in [1.54, 1.807) is 0 Å². The Morgan fingerprint density at radius 2 is 2.17 bits per heavy atom. The molecule has 0 fully saturated rings. The normalized spacial score (nSPS) is 14.2. The van der Waals surface area contributed by atoms with Crippen molar-refractivity contribution in [3.05, 3.63) is 21.2 Å². The van der Waals surface area contributed by atoms with E-state index in [-0.39, 0.29) is 29.0 Å². The minimum atomic E-state index is -0.358. The Morgan fingerprint density at radius 1 is 1.42 bits per heavy atom. The number of halogens is 1. The molecule has 0 atom stereocenters. The van der Waals surface area contributed by atoms with Crippen molar-refractivity contribution in [2.24, 2.45) is 0 Å². The molecule has 5 nitrogen and oxygen atoms in total. The molecule has 0 spiro atoms. The molecule has 0 radical (unpaired) electrons. The van der Waals surface area contributed by atoms with Crippen LogP contribution in [-0.2, 0) is 11.2 Å². The molecule has 0 aliphatic carbocycles. The van der Waals surface area contributed by atoms with Gasteiger partial charge in [0.05, 0.1) is 12.0 Å². The van der Waals surface area contributed by atoms with Gasteiger partial charge in [0.15, 0.2) is 0 Å². The Labute approximate surface area is 71.8 Å². The van der Waals surface area contributed by atoms with Gasteiger partial charge in [0.2, 0.25) is 11.2 Å². The van der Waals surface area contributed by atoms with Crippen LogP contribution in [0, 0.1) is 0 Å². The molecule has 1 aromatic heterocycles. The van der Waals surface area contributed by atoms with Gasteiger partial charge in [0, 0.05) is 0 Å². The summed E-state index contributed by atoms with van der Waals surface area (Å²) in [5, 5.41) is 2.41. The maximum Gasteiger partial charge on any atom is 0.257 e. The number of nitrogens with one attached hydrogen (secondary N) is 2. The highest BCUT2D eigenvalue weighted by Crippen LogP contribution is 2.16. The smallest absolute Gasteiger partial charge is 0.257 e. The van der Waals surface area contributed by atoms with Crippen molar-refractivity contribution in [3.8, 4) is 0 Å². The molecule has 12 heavy (non-hydrogen) atoms. The topological polar surface area (TPSA) is 74.8 Å². The number of rotatable bonds is 0. The fourth-order valence-electron chi connectivity index (χ4n) is 1.07. The Morgan fingerprint density at radius 3 is 2.92 bits per heavy atom. The van der Waals surface area contributed by atoms with E-state index < -0.39 is 0 Å². The third-order valence-electron chi connectivity index (χ3n) is 1.58. The molecule has 0 bridgehead atoms. The van der Waals surface area contributed by atoms with Crippen LogP contribution in [0.5, 0.6) is 0 Å². The Balaban J connectivity index is 2.67. The number of carbonyl (C=O) groups is 1. The molecule has 1 aliphatic rings. The summed E-state index contributed by atoms with van der Waals surface area (Å²) in [4.78, 5) is 28.0. The minimum Gasteiger partial charge on any atom is -0.310 e. The Kier molecular flexibility index (Phi) is 1.41. The van der Waals surface area contributed by atoms with E-state index in [4.69, 9.17) is 11.6 Å². The van der Waals surface area contributed by atoms with Crippen LogP contribution in [0.25, 0.3) is 0 Å². The summed E-state index contributed by atoms with van der Waals surface area (Å²) >= 11 is 5.46. The highest BCUT2D eigenvalue weighted by Gasteiger charge is 2.22. The van der Waals surface area contributed by atoms with Gasteiger partial charge in [-0.3, -0.25) is 14.6 Å². The van der Waals surface area contributed by atoms with Crippen molar-refractivity contribution in [1.82, 2.24) is 9.97 Å². The van der Waals surface area contributed by atoms with E-state index >= 15 is 0 Å². The molecule has 1 aromatic rings. The molecule has 2 rings (SSSR count). The lowest BCUT2D eigenvalue weighted by Crippen LogP contribution is -2.12. The van der Waals surface area contributed by atoms with Crippen molar-refractivity contribution < 1.29 is 4.79 Å². The molecule has 1 aliphatic heterocycles. The Bertz CT molecular complexity index is 412. The average molecular weight is 186 g/mol. The number of carbonyl (C=O) groups excluding carboxylic acids is 1. The quantitative estimate of drug-likeness (QED) is 0.555. The largest absolute Gasteiger partial charge is 0.310 e. The number of anilines is 1. The number of nitrogens with zero attached hydrogens (tertiary/aromatic N) is 1. The van der Waals surface area contributed by atoms with Gasteiger partial charge in [-0.05, 0) is 11.6 Å². The zero-order valence-electron chi connectivity index (χ0n) is 5.85. The third-order valence-corrected chi connectivity index (χ3v) is 1.76. The van der Waals surface area contributed by atoms with Gasteiger partial charge in [-0.1, -0.05) is 0 Å². The number of H-pyrrole nitrogens is 1. The first-order valence-electron chi connectivity index (χ1n) is 3.25. The van der Waals surface area contributed by atoms with Crippen molar-refractivity contribution in [1.29, 1.82) is 0 Å². The second-order valence-electron chi connectivity index (χ2n) is 2.41. The molecule has 0 unspecified atom stereocenters. The second-order valence-corrected chi connectivity index (χ2v) is 2.77. The summed E-state index contributed by atoms with van der Waals surface area (Å²) in [7, 11) is 0. The third kappa shape index (κ3) is 0.984. The van der Waals surface area contributed by atoms with Crippen LogP contribution in [0.15, 0.2) is 4.79 Å². The molecule has 2 heterocycles. The maximum absolute atomic E-state index is 11.1. The van der Waals surface area contributed by atoms with Crippen LogP contribution < -0.4 is 10.9 Å². The zero-order valence-corrected chi connectivity index (χ0v) is 6.60. The molecular formula is C6H4ClN3O2. The van der Waals surface area contributed by atoms with E-state index in [0.717, 1.165) is 0 Å². The monoisotopic (exact) mass is 185 g/mol. The van der Waals surface area contributed by atoms with Gasteiger partial charge in [0.1, 0.15) is 5.82 Å². The summed E-state index contributed by atoms with van der Waals surface area (Å²) in [5.41, 5.74) is -0.00671. The summed E-state index contributed by atoms with van der Waals surface area (Å²) in [6, 6.07) is 0. The van der Waals surface area contributed by atoms with Gasteiger partial charge in [-0.25, -0.2) is 4.98 Å². The summed E-state index contributed by atoms with van der Waals surface area (Å²) in [5.74, 6) is 0.0408. The van der Waals surface area contributed by atoms with Crippen LogP contribution in [0.3, 0.4) is 0 Å².